The van der Waals surface area contributed by atoms with Crippen LogP contribution in [0.4, 0.5) is 5.69 Å². The van der Waals surface area contributed by atoms with Crippen molar-refractivity contribution < 1.29 is 9.72 Å². The first kappa shape index (κ1) is 15.4. The molecule has 1 aliphatic heterocycles. The predicted molar refractivity (Wildman–Crippen MR) is 78.9 cm³/mol. The number of amides is 1. The van der Waals surface area contributed by atoms with Crippen LogP contribution in [0.1, 0.15) is 5.56 Å². The molecule has 7 nitrogen and oxygen atoms in total. The van der Waals surface area contributed by atoms with Crippen molar-refractivity contribution in [2.75, 3.05) is 39.8 Å². The average molecular weight is 292 g/mol. The normalized spacial score (nSPS) is 16.0. The molecule has 0 unspecified atom stereocenters. The minimum absolute atomic E-state index is 0.0432. The number of para-hydroxylation sites is 1. The van der Waals surface area contributed by atoms with E-state index in [0.29, 0.717) is 12.1 Å². The Bertz CT molecular complexity index is 513. The van der Waals surface area contributed by atoms with Gasteiger partial charge >= 0.3 is 0 Å². The molecule has 0 atom stereocenters. The lowest BCUT2D eigenvalue weighted by atomic mass is 10.2. The molecule has 1 N–H and O–H groups in total. The van der Waals surface area contributed by atoms with Gasteiger partial charge in [-0.15, -0.1) is 0 Å². The van der Waals surface area contributed by atoms with Gasteiger partial charge in [-0.3, -0.25) is 14.9 Å². The third kappa shape index (κ3) is 4.24. The molecule has 7 heteroatoms. The molecule has 1 saturated heterocycles. The summed E-state index contributed by atoms with van der Waals surface area (Å²) >= 11 is 0. The van der Waals surface area contributed by atoms with E-state index in [0.717, 1.165) is 26.2 Å². The molecule has 21 heavy (non-hydrogen) atoms. The van der Waals surface area contributed by atoms with Gasteiger partial charge in [0.15, 0.2) is 0 Å². The summed E-state index contributed by atoms with van der Waals surface area (Å²) in [6, 6.07) is 6.56. The van der Waals surface area contributed by atoms with Crippen LogP contribution in [0.3, 0.4) is 0 Å². The molecule has 1 fully saturated rings. The number of nitrogens with one attached hydrogen (secondary N) is 1. The number of benzene rings is 1. The fourth-order valence-electron chi connectivity index (χ4n) is 2.31. The fraction of sp³-hybridized carbons (Fsp3) is 0.500. The topological polar surface area (TPSA) is 78.7 Å². The molecule has 0 aromatic heterocycles. The van der Waals surface area contributed by atoms with Crippen LogP contribution in [0.5, 0.6) is 0 Å². The summed E-state index contributed by atoms with van der Waals surface area (Å²) in [5.41, 5.74) is 0.672. The number of likely N-dealkylation sites (N-methyl/N-ethyl adjacent to an activating group) is 1. The van der Waals surface area contributed by atoms with E-state index in [1.54, 1.807) is 18.2 Å². The van der Waals surface area contributed by atoms with Gasteiger partial charge < -0.3 is 15.1 Å². The first-order chi connectivity index (χ1) is 10.1. The molecule has 2 rings (SSSR count). The third-order valence-electron chi connectivity index (χ3n) is 3.64. The van der Waals surface area contributed by atoms with E-state index in [1.165, 1.54) is 6.07 Å². The number of nitro benzene ring substituents is 1. The number of hydrogen-bond donors (Lipinski definition) is 1. The number of rotatable bonds is 5. The Kier molecular flexibility index (Phi) is 5.24. The van der Waals surface area contributed by atoms with Crippen LogP contribution in [0.2, 0.25) is 0 Å². The summed E-state index contributed by atoms with van der Waals surface area (Å²) in [5.74, 6) is 0.0432. The van der Waals surface area contributed by atoms with E-state index >= 15 is 0 Å². The van der Waals surface area contributed by atoms with Crippen molar-refractivity contribution in [2.45, 2.75) is 6.54 Å². The van der Waals surface area contributed by atoms with Gasteiger partial charge in [0.05, 0.1) is 11.5 Å². The Morgan fingerprint density at radius 1 is 1.29 bits per heavy atom. The molecule has 0 saturated carbocycles. The molecular weight excluding hydrogens is 272 g/mol. The highest BCUT2D eigenvalue weighted by Gasteiger charge is 2.19. The number of hydrogen-bond acceptors (Lipinski definition) is 5. The summed E-state index contributed by atoms with van der Waals surface area (Å²) in [4.78, 5) is 26.5. The molecule has 0 radical (unpaired) electrons. The number of carbonyl (C=O) groups excluding carboxylic acids is 1. The largest absolute Gasteiger partial charge is 0.339 e. The third-order valence-corrected chi connectivity index (χ3v) is 3.64. The van der Waals surface area contributed by atoms with Crippen LogP contribution in [-0.2, 0) is 11.3 Å². The highest BCUT2D eigenvalue weighted by molar-refractivity contribution is 5.78. The van der Waals surface area contributed by atoms with Crippen LogP contribution in [0.15, 0.2) is 24.3 Å². The van der Waals surface area contributed by atoms with Crippen LogP contribution >= 0.6 is 0 Å². The fourth-order valence-corrected chi connectivity index (χ4v) is 2.31. The lowest BCUT2D eigenvalue weighted by molar-refractivity contribution is -0.385. The first-order valence-electron chi connectivity index (χ1n) is 6.97. The summed E-state index contributed by atoms with van der Waals surface area (Å²) in [5, 5.41) is 13.9. The van der Waals surface area contributed by atoms with Gasteiger partial charge in [0.2, 0.25) is 5.91 Å². The molecule has 1 heterocycles. The predicted octanol–water partition coefficient (Wildman–Crippen LogP) is 0.458. The Morgan fingerprint density at radius 2 is 1.95 bits per heavy atom. The van der Waals surface area contributed by atoms with Crippen molar-refractivity contribution in [1.82, 2.24) is 15.1 Å². The molecule has 114 valence electrons. The van der Waals surface area contributed by atoms with Crippen molar-refractivity contribution in [3.63, 3.8) is 0 Å². The summed E-state index contributed by atoms with van der Waals surface area (Å²) in [6.45, 7) is 3.77. The maximum Gasteiger partial charge on any atom is 0.273 e. The van der Waals surface area contributed by atoms with Crippen LogP contribution in [0, 0.1) is 10.1 Å². The molecule has 0 aliphatic carbocycles. The van der Waals surface area contributed by atoms with E-state index in [1.807, 2.05) is 11.9 Å². The lowest BCUT2D eigenvalue weighted by Gasteiger charge is -2.32. The minimum atomic E-state index is -0.403. The van der Waals surface area contributed by atoms with Crippen LogP contribution in [0.25, 0.3) is 0 Å². The van der Waals surface area contributed by atoms with Gasteiger partial charge in [-0.1, -0.05) is 18.2 Å². The van der Waals surface area contributed by atoms with Crippen molar-refractivity contribution in [3.05, 3.63) is 39.9 Å². The second-order valence-electron chi connectivity index (χ2n) is 5.17. The SMILES string of the molecule is CN1CCN(C(=O)CNCc2ccccc2[N+](=O)[O-])CC1. The first-order valence-corrected chi connectivity index (χ1v) is 6.97. The Morgan fingerprint density at radius 3 is 2.62 bits per heavy atom. The van der Waals surface area contributed by atoms with Crippen LogP contribution in [-0.4, -0.2) is 60.4 Å². The Labute approximate surface area is 123 Å². The van der Waals surface area contributed by atoms with Crippen LogP contribution < -0.4 is 5.32 Å². The van der Waals surface area contributed by atoms with Gasteiger partial charge in [0.1, 0.15) is 0 Å². The molecule has 1 aromatic carbocycles. The van der Waals surface area contributed by atoms with Gasteiger partial charge in [-0.05, 0) is 7.05 Å². The highest BCUT2D eigenvalue weighted by Crippen LogP contribution is 2.16. The number of nitro groups is 1. The zero-order valence-electron chi connectivity index (χ0n) is 12.1. The van der Waals surface area contributed by atoms with E-state index < -0.39 is 4.92 Å². The van der Waals surface area contributed by atoms with Crippen molar-refractivity contribution in [1.29, 1.82) is 0 Å². The Balaban J connectivity index is 1.82. The monoisotopic (exact) mass is 292 g/mol. The zero-order valence-corrected chi connectivity index (χ0v) is 12.1. The minimum Gasteiger partial charge on any atom is -0.339 e. The number of piperazine rings is 1. The van der Waals surface area contributed by atoms with E-state index in [-0.39, 0.29) is 18.1 Å². The second kappa shape index (κ2) is 7.14. The Hall–Kier alpha value is -1.99. The zero-order chi connectivity index (χ0) is 15.2. The van der Waals surface area contributed by atoms with Gasteiger partial charge in [-0.25, -0.2) is 0 Å². The van der Waals surface area contributed by atoms with E-state index in [9.17, 15) is 14.9 Å². The maximum absolute atomic E-state index is 12.0. The number of carbonyl (C=O) groups is 1. The molecule has 0 spiro atoms. The summed E-state index contributed by atoms with van der Waals surface area (Å²) in [6.07, 6.45) is 0. The summed E-state index contributed by atoms with van der Waals surface area (Å²) < 4.78 is 0. The average Bonchev–Trinajstić information content (AvgIpc) is 2.48. The molecule has 1 aromatic rings. The molecule has 1 aliphatic rings. The van der Waals surface area contributed by atoms with Gasteiger partial charge in [0, 0.05) is 44.4 Å². The van der Waals surface area contributed by atoms with Crippen molar-refractivity contribution in [3.8, 4) is 0 Å². The van der Waals surface area contributed by atoms with E-state index in [2.05, 4.69) is 10.2 Å². The summed E-state index contributed by atoms with van der Waals surface area (Å²) in [7, 11) is 2.04. The van der Waals surface area contributed by atoms with Crippen molar-refractivity contribution in [2.24, 2.45) is 0 Å². The molecular formula is C14H20N4O3. The smallest absolute Gasteiger partial charge is 0.273 e. The van der Waals surface area contributed by atoms with Crippen molar-refractivity contribution >= 4 is 11.6 Å². The lowest BCUT2D eigenvalue weighted by Crippen LogP contribution is -2.49. The molecule has 1 amide bonds. The van der Waals surface area contributed by atoms with Gasteiger partial charge in [0.25, 0.3) is 5.69 Å². The highest BCUT2D eigenvalue weighted by atomic mass is 16.6. The number of nitrogens with zero attached hydrogens (tertiary/aromatic N) is 3. The maximum atomic E-state index is 12.0. The van der Waals surface area contributed by atoms with Gasteiger partial charge in [-0.2, -0.15) is 0 Å². The molecule has 0 bridgehead atoms. The standard InChI is InChI=1S/C14H20N4O3/c1-16-6-8-17(9-7-16)14(19)11-15-10-12-4-2-3-5-13(12)18(20)21/h2-5,15H,6-11H2,1H3. The quantitative estimate of drug-likeness (QED) is 0.630. The second-order valence-corrected chi connectivity index (χ2v) is 5.17. The van der Waals surface area contributed by atoms with E-state index in [4.69, 9.17) is 0 Å².